The Morgan fingerprint density at radius 2 is 2.40 bits per heavy atom. The number of rotatable bonds is 4. The van der Waals surface area contributed by atoms with Crippen LogP contribution in [0.4, 0.5) is 4.79 Å². The Labute approximate surface area is 126 Å². The highest BCUT2D eigenvalue weighted by Gasteiger charge is 2.36. The van der Waals surface area contributed by atoms with Crippen molar-refractivity contribution in [3.8, 4) is 0 Å². The number of aliphatic carboxylic acids is 1. The van der Waals surface area contributed by atoms with Gasteiger partial charge in [-0.25, -0.2) is 9.59 Å². The summed E-state index contributed by atoms with van der Waals surface area (Å²) in [5.41, 5.74) is 0.752. The van der Waals surface area contributed by atoms with Crippen molar-refractivity contribution in [2.75, 3.05) is 19.3 Å². The predicted molar refractivity (Wildman–Crippen MR) is 81.5 cm³/mol. The molecule has 2 heterocycles. The van der Waals surface area contributed by atoms with Crippen LogP contribution >= 0.6 is 23.1 Å². The van der Waals surface area contributed by atoms with Crippen LogP contribution in [0.5, 0.6) is 0 Å². The molecule has 2 atom stereocenters. The van der Waals surface area contributed by atoms with Crippen LogP contribution in [0.25, 0.3) is 0 Å². The maximum absolute atomic E-state index is 12.2. The molecule has 1 aromatic rings. The molecule has 20 heavy (non-hydrogen) atoms. The van der Waals surface area contributed by atoms with E-state index >= 15 is 0 Å². The maximum Gasteiger partial charge on any atom is 0.331 e. The molecular formula is C13H18N2O3S2. The van der Waals surface area contributed by atoms with Crippen LogP contribution in [0.15, 0.2) is 11.4 Å². The highest BCUT2D eigenvalue weighted by Crippen LogP contribution is 2.33. The van der Waals surface area contributed by atoms with Crippen LogP contribution in [0.1, 0.15) is 23.4 Å². The van der Waals surface area contributed by atoms with E-state index in [1.807, 2.05) is 24.6 Å². The summed E-state index contributed by atoms with van der Waals surface area (Å²) in [7, 11) is 0. The zero-order valence-electron chi connectivity index (χ0n) is 11.5. The summed E-state index contributed by atoms with van der Waals surface area (Å²) in [4.78, 5) is 26.2. The molecule has 2 N–H and O–H groups in total. The Bertz CT molecular complexity index is 504. The second-order valence-electron chi connectivity index (χ2n) is 4.72. The number of urea groups is 1. The standard InChI is InChI=1S/C13H18N2O3S2/c1-8(19-2)7-14-13(18)15-5-3-10-9(4-6-20-10)11(15)12(16)17/h4,6,8,11H,3,5,7H2,1-2H3,(H,14,18)(H,16,17). The predicted octanol–water partition coefficient (Wildman–Crippen LogP) is 2.19. The molecule has 0 saturated carbocycles. The highest BCUT2D eigenvalue weighted by atomic mass is 32.2. The number of thiophene rings is 1. The largest absolute Gasteiger partial charge is 0.479 e. The first-order chi connectivity index (χ1) is 9.54. The summed E-state index contributed by atoms with van der Waals surface area (Å²) in [6.07, 6.45) is 2.71. The van der Waals surface area contributed by atoms with Crippen molar-refractivity contribution < 1.29 is 14.7 Å². The van der Waals surface area contributed by atoms with Gasteiger partial charge in [-0.3, -0.25) is 0 Å². The first-order valence-electron chi connectivity index (χ1n) is 6.41. The second-order valence-corrected chi connectivity index (χ2v) is 6.99. The molecule has 1 aromatic heterocycles. The molecule has 2 unspecified atom stereocenters. The van der Waals surface area contributed by atoms with Crippen LogP contribution in [0.3, 0.4) is 0 Å². The van der Waals surface area contributed by atoms with Crippen molar-refractivity contribution in [3.63, 3.8) is 0 Å². The fraction of sp³-hybridized carbons (Fsp3) is 0.538. The molecule has 0 radical (unpaired) electrons. The molecule has 0 aromatic carbocycles. The SMILES string of the molecule is CSC(C)CNC(=O)N1CCc2sccc2C1C(=O)O. The minimum Gasteiger partial charge on any atom is -0.479 e. The van der Waals surface area contributed by atoms with Crippen LogP contribution in [0, 0.1) is 0 Å². The van der Waals surface area contributed by atoms with Gasteiger partial charge in [0.2, 0.25) is 0 Å². The van der Waals surface area contributed by atoms with Gasteiger partial charge in [0, 0.05) is 23.2 Å². The number of fused-ring (bicyclic) bond motifs is 1. The maximum atomic E-state index is 12.2. The number of carbonyl (C=O) groups is 2. The number of nitrogens with zero attached hydrogens (tertiary/aromatic N) is 1. The van der Waals surface area contributed by atoms with Crippen molar-refractivity contribution >= 4 is 35.1 Å². The number of carboxylic acid groups (broad SMARTS) is 1. The molecule has 0 aliphatic carbocycles. The molecule has 0 fully saturated rings. The summed E-state index contributed by atoms with van der Waals surface area (Å²) in [6, 6.07) is 0.646. The lowest BCUT2D eigenvalue weighted by molar-refractivity contribution is -0.142. The first-order valence-corrected chi connectivity index (χ1v) is 8.57. The van der Waals surface area contributed by atoms with Gasteiger partial charge in [-0.2, -0.15) is 11.8 Å². The van der Waals surface area contributed by atoms with Crippen molar-refractivity contribution in [1.29, 1.82) is 0 Å². The van der Waals surface area contributed by atoms with Gasteiger partial charge in [0.1, 0.15) is 0 Å². The second kappa shape index (κ2) is 6.49. The van der Waals surface area contributed by atoms with E-state index in [-0.39, 0.29) is 6.03 Å². The van der Waals surface area contributed by atoms with E-state index in [1.165, 1.54) is 4.90 Å². The van der Waals surface area contributed by atoms with Gasteiger partial charge in [0.05, 0.1) is 0 Å². The van der Waals surface area contributed by atoms with Gasteiger partial charge < -0.3 is 15.3 Å². The summed E-state index contributed by atoms with van der Waals surface area (Å²) in [5, 5.41) is 14.4. The van der Waals surface area contributed by atoms with Crippen molar-refractivity contribution in [2.45, 2.75) is 24.6 Å². The number of carboxylic acids is 1. The van der Waals surface area contributed by atoms with Crippen LogP contribution in [0.2, 0.25) is 0 Å². The third-order valence-corrected chi connectivity index (χ3v) is 5.37. The summed E-state index contributed by atoms with van der Waals surface area (Å²) in [5.74, 6) is -0.975. The van der Waals surface area contributed by atoms with Gasteiger partial charge >= 0.3 is 12.0 Å². The third kappa shape index (κ3) is 3.09. The Hall–Kier alpha value is -1.21. The van der Waals surface area contributed by atoms with Gasteiger partial charge in [-0.1, -0.05) is 6.92 Å². The minimum atomic E-state index is -0.975. The van der Waals surface area contributed by atoms with E-state index < -0.39 is 12.0 Å². The lowest BCUT2D eigenvalue weighted by atomic mass is 10.0. The number of nitrogens with one attached hydrogen (secondary N) is 1. The normalized spacial score (nSPS) is 19.3. The molecule has 7 heteroatoms. The Kier molecular flexibility index (Phi) is 4.93. The molecule has 5 nitrogen and oxygen atoms in total. The molecule has 0 bridgehead atoms. The molecule has 2 rings (SSSR count). The topological polar surface area (TPSA) is 69.6 Å². The zero-order valence-corrected chi connectivity index (χ0v) is 13.1. The number of hydrogen-bond acceptors (Lipinski definition) is 4. The van der Waals surface area contributed by atoms with E-state index in [1.54, 1.807) is 23.1 Å². The van der Waals surface area contributed by atoms with Gasteiger partial charge in [-0.15, -0.1) is 11.3 Å². The Morgan fingerprint density at radius 3 is 3.05 bits per heavy atom. The van der Waals surface area contributed by atoms with Crippen LogP contribution < -0.4 is 5.32 Å². The van der Waals surface area contributed by atoms with E-state index in [2.05, 4.69) is 5.32 Å². The third-order valence-electron chi connectivity index (χ3n) is 3.40. The monoisotopic (exact) mass is 314 g/mol. The number of thioether (sulfide) groups is 1. The number of hydrogen-bond donors (Lipinski definition) is 2. The molecule has 110 valence electrons. The lowest BCUT2D eigenvalue weighted by Crippen LogP contribution is -2.48. The Morgan fingerprint density at radius 1 is 1.65 bits per heavy atom. The smallest absolute Gasteiger partial charge is 0.331 e. The van der Waals surface area contributed by atoms with E-state index in [0.29, 0.717) is 18.3 Å². The zero-order chi connectivity index (χ0) is 14.7. The molecule has 1 aliphatic heterocycles. The van der Waals surface area contributed by atoms with E-state index in [9.17, 15) is 14.7 Å². The molecule has 0 saturated heterocycles. The molecular weight excluding hydrogens is 296 g/mol. The number of amides is 2. The van der Waals surface area contributed by atoms with E-state index in [0.717, 1.165) is 16.9 Å². The fourth-order valence-corrected chi connectivity index (χ4v) is 3.37. The van der Waals surface area contributed by atoms with Crippen molar-refractivity contribution in [3.05, 3.63) is 21.9 Å². The summed E-state index contributed by atoms with van der Waals surface area (Å²) >= 11 is 3.22. The first kappa shape index (κ1) is 15.2. The molecule has 1 aliphatic rings. The molecule has 0 spiro atoms. The lowest BCUT2D eigenvalue weighted by Gasteiger charge is -2.33. The highest BCUT2D eigenvalue weighted by molar-refractivity contribution is 7.99. The van der Waals surface area contributed by atoms with Crippen LogP contribution in [-0.2, 0) is 11.2 Å². The van der Waals surface area contributed by atoms with Crippen molar-refractivity contribution in [1.82, 2.24) is 10.2 Å². The molecule has 2 amide bonds. The van der Waals surface area contributed by atoms with Gasteiger partial charge in [0.25, 0.3) is 0 Å². The summed E-state index contributed by atoms with van der Waals surface area (Å²) < 4.78 is 0. The fourth-order valence-electron chi connectivity index (χ4n) is 2.22. The average molecular weight is 314 g/mol. The van der Waals surface area contributed by atoms with Gasteiger partial charge in [0.15, 0.2) is 6.04 Å². The van der Waals surface area contributed by atoms with Crippen molar-refractivity contribution in [2.24, 2.45) is 0 Å². The van der Waals surface area contributed by atoms with Crippen LogP contribution in [-0.4, -0.2) is 46.6 Å². The number of carbonyl (C=O) groups excluding carboxylic acids is 1. The minimum absolute atomic E-state index is 0.296. The van der Waals surface area contributed by atoms with E-state index in [4.69, 9.17) is 0 Å². The van der Waals surface area contributed by atoms with Gasteiger partial charge in [-0.05, 0) is 29.7 Å². The quantitative estimate of drug-likeness (QED) is 0.894. The Balaban J connectivity index is 2.11. The summed E-state index contributed by atoms with van der Waals surface area (Å²) in [6.45, 7) is 3.01. The average Bonchev–Trinajstić information content (AvgIpc) is 2.90.